The highest BCUT2D eigenvalue weighted by atomic mass is 16.6. The van der Waals surface area contributed by atoms with Crippen molar-refractivity contribution in [1.29, 1.82) is 0 Å². The van der Waals surface area contributed by atoms with E-state index in [1.54, 1.807) is 0 Å². The van der Waals surface area contributed by atoms with E-state index in [2.05, 4.69) is 58.4 Å². The Morgan fingerprint density at radius 3 is 2.60 bits per heavy atom. The topological polar surface area (TPSA) is 54.8 Å². The first kappa shape index (κ1) is 21.2. The molecule has 5 nitrogen and oxygen atoms in total. The van der Waals surface area contributed by atoms with Gasteiger partial charge in [-0.3, -0.25) is 9.88 Å². The summed E-state index contributed by atoms with van der Waals surface area (Å²) in [5.74, 6) is 1.61. The Labute approximate surface area is 205 Å². The number of fused-ring (bicyclic) bond motifs is 6. The molecular weight excluding hydrogens is 436 g/mol. The molecule has 3 aromatic carbocycles. The maximum Gasteiger partial charge on any atom is 0.171 e. The van der Waals surface area contributed by atoms with Gasteiger partial charge in [-0.2, -0.15) is 0 Å². The van der Waals surface area contributed by atoms with Crippen LogP contribution in [0.3, 0.4) is 0 Å². The van der Waals surface area contributed by atoms with Crippen molar-refractivity contribution >= 4 is 21.7 Å². The van der Waals surface area contributed by atoms with Crippen molar-refractivity contribution in [1.82, 2.24) is 9.88 Å². The van der Waals surface area contributed by atoms with E-state index in [4.69, 9.17) is 9.47 Å². The Bertz CT molecular complexity index is 1420. The molecule has 178 valence electrons. The van der Waals surface area contributed by atoms with Gasteiger partial charge in [0.15, 0.2) is 11.5 Å². The fraction of sp³-hybridized carbons (Fsp3) is 0.367. The number of aliphatic hydroxyl groups is 1. The molecule has 35 heavy (non-hydrogen) atoms. The number of hydrogen-bond donors (Lipinski definition) is 1. The molecule has 3 aliphatic heterocycles. The highest BCUT2D eigenvalue weighted by molar-refractivity contribution is 5.88. The summed E-state index contributed by atoms with van der Waals surface area (Å²) in [5.41, 5.74) is 2.21. The number of aromatic nitrogens is 1. The van der Waals surface area contributed by atoms with Crippen LogP contribution in [0.5, 0.6) is 11.5 Å². The van der Waals surface area contributed by atoms with Crippen LogP contribution in [-0.2, 0) is 5.60 Å². The lowest BCUT2D eigenvalue weighted by Crippen LogP contribution is -2.53. The van der Waals surface area contributed by atoms with Crippen LogP contribution in [0.15, 0.2) is 66.7 Å². The molecule has 0 radical (unpaired) electrons. The van der Waals surface area contributed by atoms with Gasteiger partial charge in [-0.25, -0.2) is 0 Å². The number of hydrogen-bond acceptors (Lipinski definition) is 5. The summed E-state index contributed by atoms with van der Waals surface area (Å²) in [6.07, 6.45) is 3.73. The lowest BCUT2D eigenvalue weighted by molar-refractivity contribution is -0.0685. The van der Waals surface area contributed by atoms with Crippen LogP contribution in [0.2, 0.25) is 0 Å². The Kier molecular flexibility index (Phi) is 4.80. The van der Waals surface area contributed by atoms with Gasteiger partial charge in [-0.05, 0) is 79.3 Å². The summed E-state index contributed by atoms with van der Waals surface area (Å²) in [4.78, 5) is 7.22. The zero-order valence-electron chi connectivity index (χ0n) is 20.0. The molecule has 0 amide bonds. The van der Waals surface area contributed by atoms with E-state index in [-0.39, 0.29) is 6.10 Å². The minimum Gasteiger partial charge on any atom is -0.486 e. The molecule has 2 fully saturated rings. The van der Waals surface area contributed by atoms with Gasteiger partial charge < -0.3 is 14.6 Å². The van der Waals surface area contributed by atoms with Gasteiger partial charge in [0, 0.05) is 29.7 Å². The number of rotatable bonds is 3. The molecule has 1 aromatic heterocycles. The number of aryl methyl sites for hydroxylation is 1. The van der Waals surface area contributed by atoms with Crippen LogP contribution >= 0.6 is 0 Å². The average molecular weight is 467 g/mol. The van der Waals surface area contributed by atoms with Crippen LogP contribution in [0, 0.1) is 6.92 Å². The largest absolute Gasteiger partial charge is 0.486 e. The lowest BCUT2D eigenvalue weighted by Gasteiger charge is -2.45. The van der Waals surface area contributed by atoms with Crippen LogP contribution in [0.1, 0.15) is 36.9 Å². The van der Waals surface area contributed by atoms with E-state index < -0.39 is 5.60 Å². The molecule has 4 heterocycles. The zero-order chi connectivity index (χ0) is 23.6. The van der Waals surface area contributed by atoms with E-state index in [9.17, 15) is 5.11 Å². The third-order valence-electron chi connectivity index (χ3n) is 8.25. The van der Waals surface area contributed by atoms with Crippen LogP contribution in [-0.4, -0.2) is 46.3 Å². The van der Waals surface area contributed by atoms with Crippen LogP contribution in [0.4, 0.5) is 0 Å². The first-order valence-electron chi connectivity index (χ1n) is 12.7. The number of ether oxygens (including phenoxy) is 2. The summed E-state index contributed by atoms with van der Waals surface area (Å²) < 4.78 is 12.7. The van der Waals surface area contributed by atoms with Crippen molar-refractivity contribution < 1.29 is 14.6 Å². The third-order valence-corrected chi connectivity index (χ3v) is 8.25. The van der Waals surface area contributed by atoms with Gasteiger partial charge in [0.2, 0.25) is 0 Å². The second-order valence-electron chi connectivity index (χ2n) is 10.5. The van der Waals surface area contributed by atoms with Crippen LogP contribution in [0.25, 0.3) is 21.7 Å². The minimum atomic E-state index is -0.775. The van der Waals surface area contributed by atoms with E-state index in [1.807, 2.05) is 25.1 Å². The summed E-state index contributed by atoms with van der Waals surface area (Å²) in [6.45, 7) is 3.37. The standard InChI is InChI=1S/C30H30N2O3/c1-19-6-11-26-27(31-19)12-13-28-29(26)35-25(18-34-28)17-32-23-9-10-24(32)16-30(33,15-23)22-8-7-20-4-2-3-5-21(20)14-22/h2-8,11-14,23-25,33H,9-10,15-18H2,1H3. The first-order chi connectivity index (χ1) is 17.1. The molecule has 5 heteroatoms. The number of pyridine rings is 1. The van der Waals surface area contributed by atoms with Gasteiger partial charge in [-0.1, -0.05) is 36.4 Å². The quantitative estimate of drug-likeness (QED) is 0.441. The smallest absolute Gasteiger partial charge is 0.171 e. The first-order valence-corrected chi connectivity index (χ1v) is 12.7. The maximum absolute atomic E-state index is 11.8. The predicted octanol–water partition coefficient (Wildman–Crippen LogP) is 5.35. The third kappa shape index (κ3) is 3.57. The van der Waals surface area contributed by atoms with Crippen molar-refractivity contribution in [2.75, 3.05) is 13.2 Å². The van der Waals surface area contributed by atoms with Gasteiger partial charge in [0.1, 0.15) is 12.7 Å². The monoisotopic (exact) mass is 466 g/mol. The van der Waals surface area contributed by atoms with Gasteiger partial charge in [0.05, 0.1) is 11.1 Å². The molecule has 3 unspecified atom stereocenters. The van der Waals surface area contributed by atoms with Crippen molar-refractivity contribution in [2.45, 2.75) is 56.4 Å². The second kappa shape index (κ2) is 7.94. The van der Waals surface area contributed by atoms with E-state index in [0.717, 1.165) is 65.9 Å². The zero-order valence-corrected chi connectivity index (χ0v) is 20.0. The normalized spacial score (nSPS) is 28.0. The molecule has 0 spiro atoms. The Balaban J connectivity index is 1.11. The van der Waals surface area contributed by atoms with Gasteiger partial charge in [-0.15, -0.1) is 0 Å². The highest BCUT2D eigenvalue weighted by Crippen LogP contribution is 2.47. The molecule has 4 aromatic rings. The summed E-state index contributed by atoms with van der Waals surface area (Å²) in [6, 6.07) is 23.6. The summed E-state index contributed by atoms with van der Waals surface area (Å²) in [7, 11) is 0. The SMILES string of the molecule is Cc1ccc2c3c(ccc2n1)OCC(CN1C2CCC1CC(O)(c1ccc4ccccc4c1)C2)O3. The molecule has 3 atom stereocenters. The molecule has 2 bridgehead atoms. The highest BCUT2D eigenvalue weighted by Gasteiger charge is 2.49. The van der Waals surface area contributed by atoms with Crippen molar-refractivity contribution in [3.05, 3.63) is 78.0 Å². The number of nitrogens with zero attached hydrogens (tertiary/aromatic N) is 2. The fourth-order valence-electron chi connectivity index (χ4n) is 6.53. The van der Waals surface area contributed by atoms with Crippen molar-refractivity contribution in [3.8, 4) is 11.5 Å². The molecule has 0 saturated carbocycles. The van der Waals surface area contributed by atoms with E-state index in [1.165, 1.54) is 10.8 Å². The predicted molar refractivity (Wildman–Crippen MR) is 137 cm³/mol. The maximum atomic E-state index is 11.8. The number of piperidine rings is 1. The Morgan fingerprint density at radius 1 is 0.971 bits per heavy atom. The Morgan fingerprint density at radius 2 is 1.77 bits per heavy atom. The summed E-state index contributed by atoms with van der Waals surface area (Å²) in [5, 5.41) is 15.2. The fourth-order valence-corrected chi connectivity index (χ4v) is 6.53. The van der Waals surface area contributed by atoms with E-state index >= 15 is 0 Å². The molecular formula is C30H30N2O3. The minimum absolute atomic E-state index is 0.0376. The van der Waals surface area contributed by atoms with Gasteiger partial charge in [0.25, 0.3) is 0 Å². The van der Waals surface area contributed by atoms with Crippen molar-refractivity contribution in [3.63, 3.8) is 0 Å². The Hall–Kier alpha value is -3.15. The molecule has 1 N–H and O–H groups in total. The second-order valence-corrected chi connectivity index (χ2v) is 10.5. The number of benzene rings is 3. The van der Waals surface area contributed by atoms with E-state index in [0.29, 0.717) is 18.7 Å². The lowest BCUT2D eigenvalue weighted by atomic mass is 9.80. The molecule has 3 aliphatic rings. The summed E-state index contributed by atoms with van der Waals surface area (Å²) >= 11 is 0. The van der Waals surface area contributed by atoms with Crippen LogP contribution < -0.4 is 9.47 Å². The molecule has 0 aliphatic carbocycles. The van der Waals surface area contributed by atoms with Gasteiger partial charge >= 0.3 is 0 Å². The molecule has 2 saturated heterocycles. The molecule has 7 rings (SSSR count). The average Bonchev–Trinajstić information content (AvgIpc) is 3.12. The van der Waals surface area contributed by atoms with Crippen molar-refractivity contribution in [2.24, 2.45) is 0 Å².